The summed E-state index contributed by atoms with van der Waals surface area (Å²) in [7, 11) is 1.56. The Morgan fingerprint density at radius 1 is 0.708 bits per heavy atom. The number of alkyl carbamates (subject to hydrolysis) is 1. The summed E-state index contributed by atoms with van der Waals surface area (Å²) < 4.78 is 21.9. The van der Waals surface area contributed by atoms with Gasteiger partial charge in [-0.15, -0.1) is 0 Å². The van der Waals surface area contributed by atoms with Crippen molar-refractivity contribution in [2.24, 2.45) is 0 Å². The van der Waals surface area contributed by atoms with Crippen molar-refractivity contribution in [3.05, 3.63) is 60.7 Å². The molecule has 2 amide bonds. The largest absolute Gasteiger partial charge is 0.507 e. The van der Waals surface area contributed by atoms with Crippen molar-refractivity contribution in [3.8, 4) is 62.9 Å². The maximum absolute atomic E-state index is 11.8. The fourth-order valence-electron chi connectivity index (χ4n) is 4.29. The SMILES string of the molecule is COc1ccc(-c2nc(-c3ccc(OCCCNC(=O)O)cc3O)nc(-c3ccc(OCCCNC(=O)OC(C)(C)C)cc3O)n2)cc1. The van der Waals surface area contributed by atoms with E-state index in [9.17, 15) is 19.8 Å². The second-order valence-electron chi connectivity index (χ2n) is 11.5. The number of phenolic OH excluding ortho intramolecular Hbond substituents is 2. The number of hydrogen-bond donors (Lipinski definition) is 5. The van der Waals surface area contributed by atoms with Crippen LogP contribution in [-0.4, -0.2) is 81.5 Å². The molecule has 254 valence electrons. The Labute approximate surface area is 277 Å². The van der Waals surface area contributed by atoms with E-state index in [1.807, 2.05) is 0 Å². The maximum atomic E-state index is 11.8. The average Bonchev–Trinajstić information content (AvgIpc) is 3.03. The number of benzene rings is 3. The highest BCUT2D eigenvalue weighted by atomic mass is 16.6. The Balaban J connectivity index is 1.53. The summed E-state index contributed by atoms with van der Waals surface area (Å²) in [5, 5.41) is 35.5. The van der Waals surface area contributed by atoms with Crippen molar-refractivity contribution in [2.45, 2.75) is 39.2 Å². The number of hydrogen-bond acceptors (Lipinski definition) is 11. The minimum atomic E-state index is -1.11. The Bertz CT molecular complexity index is 1710. The molecular formula is C34H39N5O9. The van der Waals surface area contributed by atoms with Gasteiger partial charge >= 0.3 is 12.2 Å². The molecule has 0 spiro atoms. The lowest BCUT2D eigenvalue weighted by Gasteiger charge is -2.19. The molecule has 4 rings (SSSR count). The third kappa shape index (κ3) is 10.4. The van der Waals surface area contributed by atoms with E-state index in [0.717, 1.165) is 0 Å². The number of carbonyl (C=O) groups is 2. The van der Waals surface area contributed by atoms with Crippen molar-refractivity contribution >= 4 is 12.2 Å². The van der Waals surface area contributed by atoms with E-state index in [0.29, 0.717) is 59.1 Å². The summed E-state index contributed by atoms with van der Waals surface area (Å²) in [5.41, 5.74) is 0.670. The van der Waals surface area contributed by atoms with Crippen LogP contribution in [0.4, 0.5) is 9.59 Å². The molecule has 5 N–H and O–H groups in total. The van der Waals surface area contributed by atoms with Gasteiger partial charge in [0.2, 0.25) is 0 Å². The second kappa shape index (κ2) is 16.2. The number of nitrogens with one attached hydrogen (secondary N) is 2. The molecule has 0 aliphatic carbocycles. The van der Waals surface area contributed by atoms with Gasteiger partial charge in [0.15, 0.2) is 17.5 Å². The number of aromatic nitrogens is 3. The van der Waals surface area contributed by atoms with Gasteiger partial charge in [-0.3, -0.25) is 0 Å². The topological polar surface area (TPSA) is 194 Å². The van der Waals surface area contributed by atoms with Gasteiger partial charge in [0.05, 0.1) is 31.5 Å². The van der Waals surface area contributed by atoms with Crippen LogP contribution in [-0.2, 0) is 4.74 Å². The van der Waals surface area contributed by atoms with E-state index in [1.165, 1.54) is 12.1 Å². The minimum Gasteiger partial charge on any atom is -0.507 e. The first kappa shape index (κ1) is 35.1. The van der Waals surface area contributed by atoms with Gasteiger partial charge < -0.3 is 44.9 Å². The molecule has 0 unspecified atom stereocenters. The molecule has 48 heavy (non-hydrogen) atoms. The van der Waals surface area contributed by atoms with Gasteiger partial charge in [0.1, 0.15) is 34.3 Å². The highest BCUT2D eigenvalue weighted by Crippen LogP contribution is 2.35. The van der Waals surface area contributed by atoms with E-state index in [-0.39, 0.29) is 42.9 Å². The molecule has 4 aromatic rings. The zero-order valence-corrected chi connectivity index (χ0v) is 27.1. The Morgan fingerprint density at radius 3 is 1.65 bits per heavy atom. The molecule has 0 saturated heterocycles. The molecule has 3 aromatic carbocycles. The quantitative estimate of drug-likeness (QED) is 0.105. The summed E-state index contributed by atoms with van der Waals surface area (Å²) in [4.78, 5) is 36.2. The Morgan fingerprint density at radius 2 is 1.19 bits per heavy atom. The van der Waals surface area contributed by atoms with Crippen LogP contribution in [0, 0.1) is 0 Å². The fraction of sp³-hybridized carbons (Fsp3) is 0.324. The molecule has 0 atom stereocenters. The molecule has 0 radical (unpaired) electrons. The number of ether oxygens (including phenoxy) is 4. The highest BCUT2D eigenvalue weighted by molar-refractivity contribution is 5.73. The lowest BCUT2D eigenvalue weighted by molar-refractivity contribution is 0.0525. The first-order valence-electron chi connectivity index (χ1n) is 15.2. The zero-order valence-electron chi connectivity index (χ0n) is 27.1. The van der Waals surface area contributed by atoms with Crippen molar-refractivity contribution in [2.75, 3.05) is 33.4 Å². The summed E-state index contributed by atoms with van der Waals surface area (Å²) in [6.45, 7) is 6.46. The minimum absolute atomic E-state index is 0.137. The molecule has 14 heteroatoms. The molecule has 0 bridgehead atoms. The average molecular weight is 662 g/mol. The van der Waals surface area contributed by atoms with E-state index < -0.39 is 17.8 Å². The molecule has 1 aromatic heterocycles. The van der Waals surface area contributed by atoms with Gasteiger partial charge in [-0.2, -0.15) is 0 Å². The monoisotopic (exact) mass is 661 g/mol. The van der Waals surface area contributed by atoms with Crippen LogP contribution in [0.15, 0.2) is 60.7 Å². The van der Waals surface area contributed by atoms with Crippen molar-refractivity contribution in [1.29, 1.82) is 0 Å². The lowest BCUT2D eigenvalue weighted by atomic mass is 10.1. The van der Waals surface area contributed by atoms with Crippen LogP contribution < -0.4 is 24.8 Å². The predicted octanol–water partition coefficient (Wildman–Crippen LogP) is 5.62. The number of carbonyl (C=O) groups excluding carboxylic acids is 1. The molecule has 0 fully saturated rings. The molecule has 0 aliphatic rings. The smallest absolute Gasteiger partial charge is 0.407 e. The van der Waals surface area contributed by atoms with Crippen LogP contribution in [0.2, 0.25) is 0 Å². The Hall–Kier alpha value is -5.79. The lowest BCUT2D eigenvalue weighted by Crippen LogP contribution is -2.33. The summed E-state index contributed by atoms with van der Waals surface area (Å²) in [6, 6.07) is 16.5. The van der Waals surface area contributed by atoms with Crippen LogP contribution in [0.5, 0.6) is 28.7 Å². The normalized spacial score (nSPS) is 11.0. The maximum Gasteiger partial charge on any atom is 0.407 e. The van der Waals surface area contributed by atoms with Gasteiger partial charge in [-0.25, -0.2) is 24.5 Å². The highest BCUT2D eigenvalue weighted by Gasteiger charge is 2.18. The number of phenols is 2. The standard InChI is InChI=1S/C34H39N5O9/c1-34(2,3)48-33(44)36-16-6-18-47-24-12-14-26(28(41)20-24)31-38-29(21-7-9-22(45-4)10-8-21)37-30(39-31)25-13-11-23(19-27(25)40)46-17-5-15-35-32(42)43/h7-14,19-20,35,40-41H,5-6,15-18H2,1-4H3,(H,36,44)(H,42,43). The third-order valence-corrected chi connectivity index (χ3v) is 6.53. The van der Waals surface area contributed by atoms with Crippen LogP contribution in [0.1, 0.15) is 33.6 Å². The number of rotatable bonds is 14. The molecule has 0 saturated carbocycles. The van der Waals surface area contributed by atoms with Crippen LogP contribution in [0.25, 0.3) is 34.2 Å². The zero-order chi connectivity index (χ0) is 34.7. The van der Waals surface area contributed by atoms with E-state index in [4.69, 9.17) is 24.1 Å². The van der Waals surface area contributed by atoms with Crippen LogP contribution >= 0.6 is 0 Å². The van der Waals surface area contributed by atoms with Gasteiger partial charge in [-0.1, -0.05) is 0 Å². The summed E-state index contributed by atoms with van der Waals surface area (Å²) in [5.74, 6) is 1.75. The van der Waals surface area contributed by atoms with Gasteiger partial charge in [0, 0.05) is 30.8 Å². The second-order valence-corrected chi connectivity index (χ2v) is 11.5. The van der Waals surface area contributed by atoms with E-state index >= 15 is 0 Å². The molecule has 1 heterocycles. The van der Waals surface area contributed by atoms with Gasteiger partial charge in [0.25, 0.3) is 0 Å². The van der Waals surface area contributed by atoms with E-state index in [1.54, 1.807) is 76.4 Å². The Kier molecular flexibility index (Phi) is 11.8. The number of carboxylic acid groups (broad SMARTS) is 1. The predicted molar refractivity (Wildman–Crippen MR) is 177 cm³/mol. The number of methoxy groups -OCH3 is 1. The third-order valence-electron chi connectivity index (χ3n) is 6.53. The first-order chi connectivity index (χ1) is 22.9. The fourth-order valence-corrected chi connectivity index (χ4v) is 4.29. The number of amides is 2. The van der Waals surface area contributed by atoms with Crippen molar-refractivity contribution in [1.82, 2.24) is 25.6 Å². The van der Waals surface area contributed by atoms with Crippen molar-refractivity contribution in [3.63, 3.8) is 0 Å². The summed E-state index contributed by atoms with van der Waals surface area (Å²) >= 11 is 0. The van der Waals surface area contributed by atoms with Gasteiger partial charge in [-0.05, 0) is 82.1 Å². The molecular weight excluding hydrogens is 622 g/mol. The first-order valence-corrected chi connectivity index (χ1v) is 15.2. The molecule has 14 nitrogen and oxygen atoms in total. The summed E-state index contributed by atoms with van der Waals surface area (Å²) in [6.07, 6.45) is -0.661. The molecule has 0 aliphatic heterocycles. The van der Waals surface area contributed by atoms with Crippen LogP contribution in [0.3, 0.4) is 0 Å². The number of aromatic hydroxyl groups is 2. The van der Waals surface area contributed by atoms with Crippen molar-refractivity contribution < 1.29 is 43.9 Å². The number of nitrogens with zero attached hydrogens (tertiary/aromatic N) is 3. The van der Waals surface area contributed by atoms with E-state index in [2.05, 4.69) is 25.6 Å².